The number of carbonyl (C=O) groups excluding carboxylic acids is 1. The number of ketones is 1. The second-order valence-corrected chi connectivity index (χ2v) is 4.33. The van der Waals surface area contributed by atoms with Crippen molar-refractivity contribution >= 4 is 17.3 Å². The van der Waals surface area contributed by atoms with Crippen LogP contribution in [0.4, 0.5) is 8.78 Å². The molecule has 0 spiro atoms. The van der Waals surface area contributed by atoms with Crippen LogP contribution in [0, 0.1) is 25.5 Å². The van der Waals surface area contributed by atoms with Gasteiger partial charge in [-0.05, 0) is 37.0 Å². The van der Waals surface area contributed by atoms with E-state index in [1.807, 2.05) is 0 Å². The van der Waals surface area contributed by atoms with Gasteiger partial charge < -0.3 is 0 Å². The Morgan fingerprint density at radius 2 is 1.94 bits per heavy atom. The van der Waals surface area contributed by atoms with Crippen LogP contribution in [0.5, 0.6) is 0 Å². The van der Waals surface area contributed by atoms with Gasteiger partial charge in [-0.3, -0.25) is 4.79 Å². The Hall–Kier alpha value is -1.69. The smallest absolute Gasteiger partial charge is 0.209 e. The molecule has 0 radical (unpaired) electrons. The molecule has 2 aromatic rings. The average Bonchev–Trinajstić information content (AvgIpc) is 2.72. The third-order valence-electron chi connectivity index (χ3n) is 2.38. The zero-order valence-corrected chi connectivity index (χ0v) is 9.94. The summed E-state index contributed by atoms with van der Waals surface area (Å²) in [6.45, 7) is 3.03. The predicted molar refractivity (Wildman–Crippen MR) is 59.2 cm³/mol. The van der Waals surface area contributed by atoms with E-state index >= 15 is 0 Å². The Bertz CT molecular complexity index is 595. The van der Waals surface area contributed by atoms with E-state index in [1.54, 1.807) is 6.92 Å². The molecule has 2 rings (SSSR count). The first-order chi connectivity index (χ1) is 8.02. The molecule has 88 valence electrons. The summed E-state index contributed by atoms with van der Waals surface area (Å²) < 4.78 is 30.5. The highest BCUT2D eigenvalue weighted by atomic mass is 32.1. The van der Waals surface area contributed by atoms with Crippen molar-refractivity contribution in [3.63, 3.8) is 0 Å². The van der Waals surface area contributed by atoms with Gasteiger partial charge >= 0.3 is 0 Å². The van der Waals surface area contributed by atoms with Crippen LogP contribution in [-0.4, -0.2) is 15.4 Å². The number of carbonyl (C=O) groups is 1. The van der Waals surface area contributed by atoms with Crippen LogP contribution >= 0.6 is 11.5 Å². The van der Waals surface area contributed by atoms with Crippen LogP contribution < -0.4 is 0 Å². The van der Waals surface area contributed by atoms with Crippen LogP contribution in [0.25, 0.3) is 0 Å². The van der Waals surface area contributed by atoms with E-state index < -0.39 is 17.4 Å². The van der Waals surface area contributed by atoms with Crippen LogP contribution in [0.3, 0.4) is 0 Å². The largest absolute Gasteiger partial charge is 0.287 e. The molecule has 0 N–H and O–H groups in total. The van der Waals surface area contributed by atoms with Crippen molar-refractivity contribution in [3.8, 4) is 0 Å². The quantitative estimate of drug-likeness (QED) is 0.774. The lowest BCUT2D eigenvalue weighted by Gasteiger charge is -2.03. The zero-order chi connectivity index (χ0) is 12.6. The zero-order valence-electron chi connectivity index (χ0n) is 9.12. The molecular formula is C11H8F2N2OS. The first-order valence-electron chi connectivity index (χ1n) is 4.80. The van der Waals surface area contributed by atoms with E-state index in [-0.39, 0.29) is 16.0 Å². The van der Waals surface area contributed by atoms with Crippen LogP contribution in [0.1, 0.15) is 26.5 Å². The number of rotatable bonds is 2. The topological polar surface area (TPSA) is 42.9 Å². The second-order valence-electron chi connectivity index (χ2n) is 3.57. The van der Waals surface area contributed by atoms with E-state index in [0.717, 1.165) is 11.5 Å². The van der Waals surface area contributed by atoms with Gasteiger partial charge in [-0.2, -0.15) is 0 Å². The molecule has 0 unspecified atom stereocenters. The average molecular weight is 254 g/mol. The Morgan fingerprint density at radius 3 is 2.53 bits per heavy atom. The van der Waals surface area contributed by atoms with Crippen molar-refractivity contribution < 1.29 is 13.6 Å². The molecule has 0 saturated heterocycles. The highest BCUT2D eigenvalue weighted by Crippen LogP contribution is 2.21. The number of hydrogen-bond acceptors (Lipinski definition) is 4. The molecule has 0 amide bonds. The molecule has 0 fully saturated rings. The van der Waals surface area contributed by atoms with Crippen molar-refractivity contribution in [3.05, 3.63) is 45.5 Å². The molecule has 3 nitrogen and oxygen atoms in total. The highest BCUT2D eigenvalue weighted by Gasteiger charge is 2.21. The van der Waals surface area contributed by atoms with Crippen LogP contribution in [-0.2, 0) is 0 Å². The first-order valence-corrected chi connectivity index (χ1v) is 5.58. The molecule has 1 aromatic carbocycles. The Balaban J connectivity index is 2.53. The van der Waals surface area contributed by atoms with E-state index in [4.69, 9.17) is 0 Å². The maximum Gasteiger partial charge on any atom is 0.209 e. The fourth-order valence-electron chi connectivity index (χ4n) is 1.38. The Kier molecular flexibility index (Phi) is 2.97. The van der Waals surface area contributed by atoms with Gasteiger partial charge in [0.1, 0.15) is 4.88 Å². The number of nitrogens with zero attached hydrogens (tertiary/aromatic N) is 2. The lowest BCUT2D eigenvalue weighted by molar-refractivity contribution is 0.103. The van der Waals surface area contributed by atoms with Crippen LogP contribution in [0.15, 0.2) is 12.1 Å². The lowest BCUT2D eigenvalue weighted by atomic mass is 10.1. The maximum atomic E-state index is 13.6. The van der Waals surface area contributed by atoms with Crippen molar-refractivity contribution in [2.45, 2.75) is 13.8 Å². The van der Waals surface area contributed by atoms with E-state index in [1.165, 1.54) is 19.1 Å². The summed E-state index contributed by atoms with van der Waals surface area (Å²) in [5.74, 6) is -2.71. The number of halogens is 2. The van der Waals surface area contributed by atoms with E-state index in [9.17, 15) is 13.6 Å². The Morgan fingerprint density at radius 1 is 1.24 bits per heavy atom. The fraction of sp³-hybridized carbons (Fsp3) is 0.182. The van der Waals surface area contributed by atoms with Gasteiger partial charge in [-0.1, -0.05) is 10.6 Å². The molecule has 1 heterocycles. The number of aromatic nitrogens is 2. The standard InChI is InChI=1S/C11H8F2N2OS/c1-5-3-4-7(9(13)8(5)12)10(16)11-6(2)14-15-17-11/h3-4H,1-2H3. The summed E-state index contributed by atoms with van der Waals surface area (Å²) in [7, 11) is 0. The summed E-state index contributed by atoms with van der Waals surface area (Å²) in [5, 5.41) is 3.66. The minimum Gasteiger partial charge on any atom is -0.287 e. The number of benzene rings is 1. The van der Waals surface area contributed by atoms with Gasteiger partial charge in [0.05, 0.1) is 11.3 Å². The highest BCUT2D eigenvalue weighted by molar-refractivity contribution is 7.08. The Labute approximate surface area is 100 Å². The van der Waals surface area contributed by atoms with Gasteiger partial charge in [0, 0.05) is 0 Å². The molecule has 0 aliphatic heterocycles. The van der Waals surface area contributed by atoms with Crippen molar-refractivity contribution in [2.75, 3.05) is 0 Å². The molecular weight excluding hydrogens is 246 g/mol. The SMILES string of the molecule is Cc1ccc(C(=O)c2snnc2C)c(F)c1F. The van der Waals surface area contributed by atoms with Crippen molar-refractivity contribution in [1.82, 2.24) is 9.59 Å². The molecule has 0 bridgehead atoms. The number of aryl methyl sites for hydroxylation is 2. The van der Waals surface area contributed by atoms with Crippen LogP contribution in [0.2, 0.25) is 0 Å². The second kappa shape index (κ2) is 4.29. The molecule has 0 saturated carbocycles. The fourth-order valence-corrected chi connectivity index (χ4v) is 1.99. The molecule has 17 heavy (non-hydrogen) atoms. The monoisotopic (exact) mass is 254 g/mol. The third-order valence-corrected chi connectivity index (χ3v) is 3.20. The minimum atomic E-state index is -1.12. The maximum absolute atomic E-state index is 13.6. The third kappa shape index (κ3) is 1.95. The first kappa shape index (κ1) is 11.8. The van der Waals surface area contributed by atoms with Gasteiger partial charge in [0.2, 0.25) is 5.78 Å². The lowest BCUT2D eigenvalue weighted by Crippen LogP contribution is -2.06. The summed E-state index contributed by atoms with van der Waals surface area (Å²) in [6.07, 6.45) is 0. The van der Waals surface area contributed by atoms with Crippen molar-refractivity contribution in [1.29, 1.82) is 0 Å². The van der Waals surface area contributed by atoms with Gasteiger partial charge in [0.15, 0.2) is 11.6 Å². The number of hydrogen-bond donors (Lipinski definition) is 0. The summed E-state index contributed by atoms with van der Waals surface area (Å²) in [6, 6.07) is 2.64. The normalized spacial score (nSPS) is 10.6. The summed E-state index contributed by atoms with van der Waals surface area (Å²) in [5.41, 5.74) is 0.292. The molecule has 0 aliphatic rings. The minimum absolute atomic E-state index is 0.165. The molecule has 6 heteroatoms. The molecule has 0 atom stereocenters. The van der Waals surface area contributed by atoms with Gasteiger partial charge in [-0.25, -0.2) is 8.78 Å². The molecule has 1 aromatic heterocycles. The van der Waals surface area contributed by atoms with E-state index in [0.29, 0.717) is 5.69 Å². The molecule has 0 aliphatic carbocycles. The van der Waals surface area contributed by atoms with Gasteiger partial charge in [-0.15, -0.1) is 5.10 Å². The summed E-state index contributed by atoms with van der Waals surface area (Å²) >= 11 is 0.871. The van der Waals surface area contributed by atoms with Gasteiger partial charge in [0.25, 0.3) is 0 Å². The predicted octanol–water partition coefficient (Wildman–Crippen LogP) is 2.66. The van der Waals surface area contributed by atoms with E-state index in [2.05, 4.69) is 9.59 Å². The summed E-state index contributed by atoms with van der Waals surface area (Å²) in [4.78, 5) is 12.2. The van der Waals surface area contributed by atoms with Crippen molar-refractivity contribution in [2.24, 2.45) is 0 Å².